The molecule has 0 saturated carbocycles. The van der Waals surface area contributed by atoms with Crippen LogP contribution in [0.15, 0.2) is 55.0 Å². The summed E-state index contributed by atoms with van der Waals surface area (Å²) in [5, 5.41) is 0. The number of halogens is 2. The molecule has 2 aliphatic rings. The van der Waals surface area contributed by atoms with E-state index in [4.69, 9.17) is 0 Å². The lowest BCUT2D eigenvalue weighted by atomic mass is 9.86. The lowest BCUT2D eigenvalue weighted by molar-refractivity contribution is 0.321. The highest BCUT2D eigenvalue weighted by molar-refractivity contribution is 5.69. The Morgan fingerprint density at radius 1 is 1.08 bits per heavy atom. The van der Waals surface area contributed by atoms with Crippen LogP contribution < -0.4 is 4.90 Å². The van der Waals surface area contributed by atoms with Crippen LogP contribution in [0.4, 0.5) is 14.5 Å². The van der Waals surface area contributed by atoms with E-state index in [1.165, 1.54) is 6.07 Å². The average molecular weight is 351 g/mol. The topological polar surface area (TPSA) is 21.1 Å². The molecule has 2 aromatic carbocycles. The van der Waals surface area contributed by atoms with Gasteiger partial charge in [-0.25, -0.2) is 13.8 Å². The molecule has 3 heterocycles. The number of nitrogens with zero attached hydrogens (tertiary/aromatic N) is 3. The molecule has 1 fully saturated rings. The fraction of sp³-hybridized carbons (Fsp3) is 0.286. The molecule has 2 atom stereocenters. The zero-order valence-corrected chi connectivity index (χ0v) is 14.3. The van der Waals surface area contributed by atoms with Gasteiger partial charge in [-0.1, -0.05) is 18.2 Å². The maximum absolute atomic E-state index is 14.7. The predicted octanol–water partition coefficient (Wildman–Crippen LogP) is 4.65. The Balaban J connectivity index is 1.52. The lowest BCUT2D eigenvalue weighted by Crippen LogP contribution is -2.39. The third-order valence-corrected chi connectivity index (χ3v) is 5.67. The summed E-state index contributed by atoms with van der Waals surface area (Å²) in [5.74, 6) is -0.129. The van der Waals surface area contributed by atoms with Gasteiger partial charge in [-0.3, -0.25) is 0 Å². The summed E-state index contributed by atoms with van der Waals surface area (Å²) in [6.45, 7) is 1.67. The number of imidazole rings is 1. The van der Waals surface area contributed by atoms with Gasteiger partial charge in [0.05, 0.1) is 24.3 Å². The molecule has 3 aromatic rings. The van der Waals surface area contributed by atoms with Crippen LogP contribution in [0.5, 0.6) is 0 Å². The van der Waals surface area contributed by atoms with Gasteiger partial charge in [-0.15, -0.1) is 0 Å². The molecule has 0 spiro atoms. The lowest BCUT2D eigenvalue weighted by Gasteiger charge is -2.38. The highest BCUT2D eigenvalue weighted by atomic mass is 19.1. The van der Waals surface area contributed by atoms with Crippen LogP contribution >= 0.6 is 0 Å². The van der Waals surface area contributed by atoms with E-state index in [1.54, 1.807) is 30.6 Å². The molecule has 2 unspecified atom stereocenters. The number of rotatable bonds is 2. The number of fused-ring (bicyclic) bond motifs is 3. The predicted molar refractivity (Wildman–Crippen MR) is 97.1 cm³/mol. The zero-order chi connectivity index (χ0) is 17.7. The fourth-order valence-corrected chi connectivity index (χ4v) is 4.57. The van der Waals surface area contributed by atoms with E-state index >= 15 is 0 Å². The Kier molecular flexibility index (Phi) is 3.55. The Morgan fingerprint density at radius 3 is 2.85 bits per heavy atom. The number of piperidine rings is 1. The summed E-state index contributed by atoms with van der Waals surface area (Å²) in [7, 11) is 0. The minimum Gasteiger partial charge on any atom is -0.371 e. The summed E-state index contributed by atoms with van der Waals surface area (Å²) in [5.41, 5.74) is 3.59. The van der Waals surface area contributed by atoms with E-state index < -0.39 is 0 Å². The highest BCUT2D eigenvalue weighted by Gasteiger charge is 2.38. The number of hydrogen-bond donors (Lipinski definition) is 0. The van der Waals surface area contributed by atoms with Crippen LogP contribution in [-0.2, 0) is 0 Å². The van der Waals surface area contributed by atoms with Crippen molar-refractivity contribution in [1.29, 1.82) is 0 Å². The molecule has 0 aliphatic carbocycles. The molecular weight excluding hydrogens is 332 g/mol. The van der Waals surface area contributed by atoms with Crippen molar-refractivity contribution in [3.63, 3.8) is 0 Å². The fourth-order valence-electron chi connectivity index (χ4n) is 4.57. The number of aromatic nitrogens is 2. The minimum atomic E-state index is -0.223. The standard InChI is InChI=1S/C21H19F2N3/c22-15-5-1-6-16(10-15)25-9-3-4-14(12-25)21-20-17(7-2-8-18(20)23)19-11-24-13-26(19)21/h1-2,5-8,10-11,13-14,21H,3-4,9,12H2. The van der Waals surface area contributed by atoms with E-state index in [0.717, 1.165) is 48.4 Å². The summed E-state index contributed by atoms with van der Waals surface area (Å²) in [6.07, 6.45) is 5.64. The van der Waals surface area contributed by atoms with Crippen LogP contribution in [0.3, 0.4) is 0 Å². The zero-order valence-electron chi connectivity index (χ0n) is 14.3. The van der Waals surface area contributed by atoms with Gasteiger partial charge in [-0.2, -0.15) is 0 Å². The van der Waals surface area contributed by atoms with E-state index in [1.807, 2.05) is 18.3 Å². The molecule has 0 bridgehead atoms. The first-order valence-electron chi connectivity index (χ1n) is 9.03. The molecule has 5 rings (SSSR count). The third-order valence-electron chi connectivity index (χ3n) is 5.67. The Morgan fingerprint density at radius 2 is 1.96 bits per heavy atom. The summed E-state index contributed by atoms with van der Waals surface area (Å²) < 4.78 is 30.5. The Hall–Kier alpha value is -2.69. The minimum absolute atomic E-state index is 0.0555. The van der Waals surface area contributed by atoms with Crippen molar-refractivity contribution in [2.75, 3.05) is 18.0 Å². The molecule has 26 heavy (non-hydrogen) atoms. The van der Waals surface area contributed by atoms with Gasteiger partial charge >= 0.3 is 0 Å². The second-order valence-electron chi connectivity index (χ2n) is 7.16. The van der Waals surface area contributed by atoms with Gasteiger partial charge in [0.25, 0.3) is 0 Å². The average Bonchev–Trinajstić information content (AvgIpc) is 3.23. The first kappa shape index (κ1) is 15.6. The van der Waals surface area contributed by atoms with Crippen molar-refractivity contribution < 1.29 is 8.78 Å². The second kappa shape index (κ2) is 5.94. The smallest absolute Gasteiger partial charge is 0.129 e. The molecular formula is C21H19F2N3. The van der Waals surface area contributed by atoms with E-state index in [0.29, 0.717) is 0 Å². The van der Waals surface area contributed by atoms with Crippen molar-refractivity contribution in [1.82, 2.24) is 9.55 Å². The number of hydrogen-bond acceptors (Lipinski definition) is 2. The van der Waals surface area contributed by atoms with Gasteiger partial charge in [0, 0.05) is 35.8 Å². The first-order chi connectivity index (χ1) is 12.7. The van der Waals surface area contributed by atoms with Gasteiger partial charge < -0.3 is 9.47 Å². The quantitative estimate of drug-likeness (QED) is 0.670. The van der Waals surface area contributed by atoms with Gasteiger partial charge in [-0.05, 0) is 37.1 Å². The van der Waals surface area contributed by atoms with E-state index in [9.17, 15) is 8.78 Å². The van der Waals surface area contributed by atoms with Gasteiger partial charge in [0.2, 0.25) is 0 Å². The van der Waals surface area contributed by atoms with Crippen LogP contribution in [0.2, 0.25) is 0 Å². The summed E-state index contributed by atoms with van der Waals surface area (Å²) in [4.78, 5) is 6.50. The van der Waals surface area contributed by atoms with Crippen molar-refractivity contribution >= 4 is 5.69 Å². The molecule has 0 amide bonds. The van der Waals surface area contributed by atoms with Crippen LogP contribution in [0, 0.1) is 17.6 Å². The van der Waals surface area contributed by atoms with E-state index in [-0.39, 0.29) is 23.6 Å². The molecule has 1 saturated heterocycles. The molecule has 2 aliphatic heterocycles. The van der Waals surface area contributed by atoms with Gasteiger partial charge in [0.1, 0.15) is 11.6 Å². The maximum atomic E-state index is 14.7. The van der Waals surface area contributed by atoms with Crippen molar-refractivity contribution in [3.8, 4) is 11.3 Å². The van der Waals surface area contributed by atoms with Crippen LogP contribution in [0.25, 0.3) is 11.3 Å². The molecule has 0 radical (unpaired) electrons. The normalized spacial score (nSPS) is 21.5. The van der Waals surface area contributed by atoms with Crippen molar-refractivity contribution in [2.24, 2.45) is 5.92 Å². The molecule has 1 aromatic heterocycles. The van der Waals surface area contributed by atoms with Crippen molar-refractivity contribution in [3.05, 3.63) is 72.2 Å². The van der Waals surface area contributed by atoms with Crippen LogP contribution in [0.1, 0.15) is 24.4 Å². The summed E-state index contributed by atoms with van der Waals surface area (Å²) >= 11 is 0. The van der Waals surface area contributed by atoms with Gasteiger partial charge in [0.15, 0.2) is 0 Å². The largest absolute Gasteiger partial charge is 0.371 e. The Bertz CT molecular complexity index is 965. The second-order valence-corrected chi connectivity index (χ2v) is 7.16. The summed E-state index contributed by atoms with van der Waals surface area (Å²) in [6, 6.07) is 11.9. The van der Waals surface area contributed by atoms with Crippen LogP contribution in [-0.4, -0.2) is 22.6 Å². The number of benzene rings is 2. The first-order valence-corrected chi connectivity index (χ1v) is 9.03. The monoisotopic (exact) mass is 351 g/mol. The maximum Gasteiger partial charge on any atom is 0.129 e. The Labute approximate surface area is 150 Å². The van der Waals surface area contributed by atoms with Crippen molar-refractivity contribution in [2.45, 2.75) is 18.9 Å². The SMILES string of the molecule is Fc1cccc(N2CCCC(C3c4c(F)cccc4-c4cncn43)C2)c1. The molecule has 5 heteroatoms. The number of anilines is 1. The molecule has 132 valence electrons. The molecule has 3 nitrogen and oxygen atoms in total. The third kappa shape index (κ3) is 2.34. The highest BCUT2D eigenvalue weighted by Crippen LogP contribution is 2.46. The molecule has 0 N–H and O–H groups in total. The van der Waals surface area contributed by atoms with E-state index in [2.05, 4.69) is 14.5 Å².